The molecule has 7 nitrogen and oxygen atoms in total. The Morgan fingerprint density at radius 3 is 2.42 bits per heavy atom. The van der Waals surface area contributed by atoms with E-state index in [4.69, 9.17) is 5.73 Å². The molecule has 1 saturated heterocycles. The lowest BCUT2D eigenvalue weighted by molar-refractivity contribution is -0.121. The van der Waals surface area contributed by atoms with Gasteiger partial charge in [-0.3, -0.25) is 14.9 Å². The van der Waals surface area contributed by atoms with Crippen molar-refractivity contribution < 1.29 is 14.4 Å². The number of primary amides is 1. The number of hydrogen-bond donors (Lipinski definition) is 3. The summed E-state index contributed by atoms with van der Waals surface area (Å²) in [5.41, 5.74) is 6.04. The minimum Gasteiger partial charge on any atom is -0.366 e. The summed E-state index contributed by atoms with van der Waals surface area (Å²) in [6.07, 6.45) is 1.14. The Balaban J connectivity index is 1.54. The highest BCUT2D eigenvalue weighted by molar-refractivity contribution is 7.14. The fourth-order valence-corrected chi connectivity index (χ4v) is 3.53. The van der Waals surface area contributed by atoms with Crippen molar-refractivity contribution in [3.8, 4) is 0 Å². The summed E-state index contributed by atoms with van der Waals surface area (Å²) in [4.78, 5) is 37.9. The quantitative estimate of drug-likeness (QED) is 0.768. The number of anilines is 2. The molecule has 136 valence electrons. The molecule has 4 N–H and O–H groups in total. The van der Waals surface area contributed by atoms with E-state index in [1.54, 1.807) is 29.2 Å². The van der Waals surface area contributed by atoms with Gasteiger partial charge in [-0.1, -0.05) is 12.1 Å². The summed E-state index contributed by atoms with van der Waals surface area (Å²) in [5.74, 6) is -0.945. The molecule has 0 saturated carbocycles. The van der Waals surface area contributed by atoms with Crippen LogP contribution in [0.15, 0.2) is 41.8 Å². The summed E-state index contributed by atoms with van der Waals surface area (Å²) in [6, 6.07) is 10.2. The summed E-state index contributed by atoms with van der Waals surface area (Å²) in [6.45, 7) is 1.01. The Morgan fingerprint density at radius 1 is 1.04 bits per heavy atom. The maximum absolute atomic E-state index is 12.5. The van der Waals surface area contributed by atoms with Gasteiger partial charge in [0.2, 0.25) is 5.91 Å². The molecule has 1 fully saturated rings. The highest BCUT2D eigenvalue weighted by Crippen LogP contribution is 2.22. The normalized spacial score (nSPS) is 14.7. The third kappa shape index (κ3) is 4.20. The van der Waals surface area contributed by atoms with Crippen LogP contribution in [0.5, 0.6) is 0 Å². The molecule has 2 heterocycles. The molecule has 0 spiro atoms. The number of benzene rings is 1. The average molecular weight is 372 g/mol. The molecular weight excluding hydrogens is 352 g/mol. The van der Waals surface area contributed by atoms with Crippen LogP contribution in [0, 0.1) is 5.92 Å². The van der Waals surface area contributed by atoms with Crippen LogP contribution in [0.4, 0.5) is 15.5 Å². The molecule has 2 aromatic rings. The van der Waals surface area contributed by atoms with Crippen molar-refractivity contribution in [1.82, 2.24) is 4.90 Å². The molecular formula is C18H20N4O3S. The zero-order valence-electron chi connectivity index (χ0n) is 14.1. The topological polar surface area (TPSA) is 105 Å². The number of urea groups is 1. The standard InChI is InChI=1S/C18H20N4O3S/c19-16(23)13-4-1-2-5-14(13)20-17(24)12-7-9-22(10-8-12)18(25)21-15-6-3-11-26-15/h1-6,11-12H,7-10H2,(H2,19,23)(H,20,24)(H,21,25). The smallest absolute Gasteiger partial charge is 0.322 e. The number of piperidine rings is 1. The summed E-state index contributed by atoms with van der Waals surface area (Å²) in [7, 11) is 0. The SMILES string of the molecule is NC(=O)c1ccccc1NC(=O)C1CCN(C(=O)Nc2cccs2)CC1. The van der Waals surface area contributed by atoms with Gasteiger partial charge in [-0.25, -0.2) is 4.79 Å². The Bertz CT molecular complexity index is 799. The van der Waals surface area contributed by atoms with E-state index in [1.165, 1.54) is 11.3 Å². The number of thiophene rings is 1. The van der Waals surface area contributed by atoms with Crippen LogP contribution in [0.1, 0.15) is 23.2 Å². The Morgan fingerprint density at radius 2 is 1.77 bits per heavy atom. The molecule has 0 unspecified atom stereocenters. The molecule has 1 aromatic heterocycles. The molecule has 1 aromatic carbocycles. The molecule has 0 bridgehead atoms. The minimum atomic E-state index is -0.582. The predicted octanol–water partition coefficient (Wildman–Crippen LogP) is 2.73. The van der Waals surface area contributed by atoms with Crippen LogP contribution in [0.2, 0.25) is 0 Å². The second-order valence-electron chi connectivity index (χ2n) is 6.07. The van der Waals surface area contributed by atoms with Crippen molar-refractivity contribution in [3.63, 3.8) is 0 Å². The van der Waals surface area contributed by atoms with E-state index in [-0.39, 0.29) is 23.4 Å². The molecule has 3 rings (SSSR count). The third-order valence-electron chi connectivity index (χ3n) is 4.35. The average Bonchev–Trinajstić information content (AvgIpc) is 3.15. The predicted molar refractivity (Wildman–Crippen MR) is 101 cm³/mol. The molecule has 4 amide bonds. The number of para-hydroxylation sites is 1. The van der Waals surface area contributed by atoms with Crippen LogP contribution in [0.3, 0.4) is 0 Å². The Kier molecular flexibility index (Phi) is 5.52. The first-order valence-corrected chi connectivity index (χ1v) is 9.21. The van der Waals surface area contributed by atoms with E-state index < -0.39 is 5.91 Å². The lowest BCUT2D eigenvalue weighted by atomic mass is 9.96. The van der Waals surface area contributed by atoms with Crippen molar-refractivity contribution in [2.24, 2.45) is 11.7 Å². The third-order valence-corrected chi connectivity index (χ3v) is 5.14. The van der Waals surface area contributed by atoms with Crippen molar-refractivity contribution in [1.29, 1.82) is 0 Å². The van der Waals surface area contributed by atoms with Crippen LogP contribution in [-0.2, 0) is 4.79 Å². The number of nitrogens with two attached hydrogens (primary N) is 1. The summed E-state index contributed by atoms with van der Waals surface area (Å²) < 4.78 is 0. The summed E-state index contributed by atoms with van der Waals surface area (Å²) >= 11 is 1.47. The second kappa shape index (κ2) is 8.01. The van der Waals surface area contributed by atoms with Crippen molar-refractivity contribution in [2.45, 2.75) is 12.8 Å². The second-order valence-corrected chi connectivity index (χ2v) is 7.02. The summed E-state index contributed by atoms with van der Waals surface area (Å²) in [5, 5.41) is 8.34. The Labute approximate surface area is 155 Å². The fraction of sp³-hybridized carbons (Fsp3) is 0.278. The number of rotatable bonds is 4. The van der Waals surface area contributed by atoms with Gasteiger partial charge in [0, 0.05) is 19.0 Å². The molecule has 26 heavy (non-hydrogen) atoms. The molecule has 0 radical (unpaired) electrons. The maximum atomic E-state index is 12.5. The molecule has 0 atom stereocenters. The first kappa shape index (κ1) is 17.9. The van der Waals surface area contributed by atoms with E-state index in [0.717, 1.165) is 5.00 Å². The minimum absolute atomic E-state index is 0.148. The highest BCUT2D eigenvalue weighted by atomic mass is 32.1. The van der Waals surface area contributed by atoms with Crippen LogP contribution in [0.25, 0.3) is 0 Å². The van der Waals surface area contributed by atoms with Gasteiger partial charge in [-0.15, -0.1) is 11.3 Å². The fourth-order valence-electron chi connectivity index (χ4n) is 2.92. The first-order valence-electron chi connectivity index (χ1n) is 8.33. The van der Waals surface area contributed by atoms with E-state index in [9.17, 15) is 14.4 Å². The van der Waals surface area contributed by atoms with Crippen molar-refractivity contribution in [2.75, 3.05) is 23.7 Å². The highest BCUT2D eigenvalue weighted by Gasteiger charge is 2.28. The van der Waals surface area contributed by atoms with E-state index in [0.29, 0.717) is 31.6 Å². The monoisotopic (exact) mass is 372 g/mol. The van der Waals surface area contributed by atoms with Crippen LogP contribution < -0.4 is 16.4 Å². The number of carbonyl (C=O) groups excluding carboxylic acids is 3. The lowest BCUT2D eigenvalue weighted by Gasteiger charge is -2.31. The van der Waals surface area contributed by atoms with Gasteiger partial charge in [0.15, 0.2) is 0 Å². The number of nitrogens with zero attached hydrogens (tertiary/aromatic N) is 1. The van der Waals surface area contributed by atoms with Crippen LogP contribution >= 0.6 is 11.3 Å². The number of carbonyl (C=O) groups is 3. The molecule has 0 aliphatic carbocycles. The van der Waals surface area contributed by atoms with E-state index >= 15 is 0 Å². The van der Waals surface area contributed by atoms with E-state index in [2.05, 4.69) is 10.6 Å². The van der Waals surface area contributed by atoms with Gasteiger partial charge in [0.1, 0.15) is 0 Å². The van der Waals surface area contributed by atoms with Gasteiger partial charge in [0.25, 0.3) is 5.91 Å². The zero-order chi connectivity index (χ0) is 18.5. The lowest BCUT2D eigenvalue weighted by Crippen LogP contribution is -2.43. The largest absolute Gasteiger partial charge is 0.366 e. The van der Waals surface area contributed by atoms with Crippen molar-refractivity contribution in [3.05, 3.63) is 47.3 Å². The van der Waals surface area contributed by atoms with Gasteiger partial charge < -0.3 is 16.0 Å². The number of amides is 4. The van der Waals surface area contributed by atoms with Crippen LogP contribution in [-0.4, -0.2) is 35.8 Å². The van der Waals surface area contributed by atoms with Crippen molar-refractivity contribution >= 4 is 39.9 Å². The number of likely N-dealkylation sites (tertiary alicyclic amines) is 1. The number of hydrogen-bond acceptors (Lipinski definition) is 4. The first-order chi connectivity index (χ1) is 12.5. The van der Waals surface area contributed by atoms with Gasteiger partial charge in [-0.05, 0) is 42.5 Å². The number of nitrogens with one attached hydrogen (secondary N) is 2. The molecule has 8 heteroatoms. The zero-order valence-corrected chi connectivity index (χ0v) is 14.9. The van der Waals surface area contributed by atoms with Gasteiger partial charge in [0.05, 0.1) is 16.3 Å². The van der Waals surface area contributed by atoms with E-state index in [1.807, 2.05) is 17.5 Å². The molecule has 1 aliphatic rings. The maximum Gasteiger partial charge on any atom is 0.322 e. The Hall–Kier alpha value is -2.87. The van der Waals surface area contributed by atoms with Gasteiger partial charge >= 0.3 is 6.03 Å². The van der Waals surface area contributed by atoms with Gasteiger partial charge in [-0.2, -0.15) is 0 Å². The molecule has 1 aliphatic heterocycles.